The molecule has 0 bridgehead atoms. The molecular weight excluding hydrogens is 476 g/mol. The minimum atomic E-state index is -0.512. The highest BCUT2D eigenvalue weighted by Gasteiger charge is 2.30. The summed E-state index contributed by atoms with van der Waals surface area (Å²) in [6.07, 6.45) is 1.64. The fraction of sp³-hybridized carbons (Fsp3) is 0.120. The highest BCUT2D eigenvalue weighted by molar-refractivity contribution is 9.10. The minimum Gasteiger partial charge on any atom is -0.493 e. The third-order valence-electron chi connectivity index (χ3n) is 4.95. The molecule has 1 heterocycles. The topological polar surface area (TPSA) is 71.1 Å². The van der Waals surface area contributed by atoms with Gasteiger partial charge in [-0.15, -0.1) is 0 Å². The molecule has 3 aromatic carbocycles. The SMILES string of the molecule is COc1ccc(/C=C2\Oc3cc(OC(=O)c4ccccc4Br)cc(C)c3C2=O)cc1OC. The van der Waals surface area contributed by atoms with Crippen LogP contribution in [0.5, 0.6) is 23.0 Å². The van der Waals surface area contributed by atoms with Crippen molar-refractivity contribution in [2.75, 3.05) is 14.2 Å². The molecule has 4 rings (SSSR count). The first-order chi connectivity index (χ1) is 15.4. The summed E-state index contributed by atoms with van der Waals surface area (Å²) >= 11 is 3.35. The van der Waals surface area contributed by atoms with Crippen LogP contribution in [-0.2, 0) is 0 Å². The maximum Gasteiger partial charge on any atom is 0.344 e. The standard InChI is InChI=1S/C25H19BrO6/c1-14-10-16(31-25(28)17-6-4-5-7-18(17)26)13-21-23(14)24(27)22(32-21)12-15-8-9-19(29-2)20(11-15)30-3/h4-13H,1-3H3/b22-12-. The molecule has 0 amide bonds. The lowest BCUT2D eigenvalue weighted by atomic mass is 10.0. The van der Waals surface area contributed by atoms with E-state index in [1.165, 1.54) is 0 Å². The van der Waals surface area contributed by atoms with Gasteiger partial charge in [-0.05, 0) is 70.4 Å². The molecular formula is C25H19BrO6. The van der Waals surface area contributed by atoms with E-state index in [1.807, 2.05) is 6.07 Å². The van der Waals surface area contributed by atoms with Crippen molar-refractivity contribution in [3.63, 3.8) is 0 Å². The molecule has 1 aliphatic heterocycles. The summed E-state index contributed by atoms with van der Waals surface area (Å²) in [7, 11) is 3.10. The van der Waals surface area contributed by atoms with Crippen molar-refractivity contribution in [1.82, 2.24) is 0 Å². The number of allylic oxidation sites excluding steroid dienone is 1. The molecule has 6 nitrogen and oxygen atoms in total. The number of Topliss-reactive ketones (excluding diaryl/α,β-unsaturated/α-hetero) is 1. The second-order valence-corrected chi connectivity index (χ2v) is 7.89. The van der Waals surface area contributed by atoms with E-state index in [-0.39, 0.29) is 11.5 Å². The summed E-state index contributed by atoms with van der Waals surface area (Å²) in [6, 6.07) is 15.5. The normalized spacial score (nSPS) is 13.5. The first-order valence-corrected chi connectivity index (χ1v) is 10.5. The van der Waals surface area contributed by atoms with E-state index in [0.717, 1.165) is 5.56 Å². The zero-order chi connectivity index (χ0) is 22.8. The number of ketones is 1. The number of methoxy groups -OCH3 is 2. The molecule has 0 aromatic heterocycles. The predicted octanol–water partition coefficient (Wildman–Crippen LogP) is 5.61. The van der Waals surface area contributed by atoms with Gasteiger partial charge in [0.15, 0.2) is 17.3 Å². The number of benzene rings is 3. The van der Waals surface area contributed by atoms with Gasteiger partial charge < -0.3 is 18.9 Å². The smallest absolute Gasteiger partial charge is 0.344 e. The largest absolute Gasteiger partial charge is 0.493 e. The van der Waals surface area contributed by atoms with Crippen molar-refractivity contribution in [3.05, 3.63) is 87.1 Å². The van der Waals surface area contributed by atoms with Gasteiger partial charge in [0.1, 0.15) is 11.5 Å². The zero-order valence-electron chi connectivity index (χ0n) is 17.6. The quantitative estimate of drug-likeness (QED) is 0.260. The highest BCUT2D eigenvalue weighted by atomic mass is 79.9. The van der Waals surface area contributed by atoms with Crippen molar-refractivity contribution >= 4 is 33.8 Å². The Morgan fingerprint density at radius 2 is 1.75 bits per heavy atom. The van der Waals surface area contributed by atoms with Crippen LogP contribution in [-0.4, -0.2) is 26.0 Å². The number of halogens is 1. The van der Waals surface area contributed by atoms with Crippen LogP contribution in [0, 0.1) is 6.92 Å². The van der Waals surface area contributed by atoms with Crippen molar-refractivity contribution in [3.8, 4) is 23.0 Å². The third kappa shape index (κ3) is 4.11. The lowest BCUT2D eigenvalue weighted by molar-refractivity contribution is 0.0733. The fourth-order valence-corrected chi connectivity index (χ4v) is 3.87. The van der Waals surface area contributed by atoms with E-state index < -0.39 is 5.97 Å². The monoisotopic (exact) mass is 494 g/mol. The molecule has 1 aliphatic rings. The van der Waals surface area contributed by atoms with Gasteiger partial charge in [-0.25, -0.2) is 4.79 Å². The molecule has 0 aliphatic carbocycles. The van der Waals surface area contributed by atoms with E-state index in [1.54, 1.807) is 75.8 Å². The Balaban J connectivity index is 1.61. The zero-order valence-corrected chi connectivity index (χ0v) is 19.2. The molecule has 0 radical (unpaired) electrons. The molecule has 0 spiro atoms. The molecule has 0 N–H and O–H groups in total. The lowest BCUT2D eigenvalue weighted by Crippen LogP contribution is -2.09. The molecule has 0 unspecified atom stereocenters. The summed E-state index contributed by atoms with van der Waals surface area (Å²) in [5.74, 6) is 1.19. The summed E-state index contributed by atoms with van der Waals surface area (Å²) in [4.78, 5) is 25.5. The first-order valence-electron chi connectivity index (χ1n) is 9.69. The Labute approximate surface area is 193 Å². The molecule has 0 atom stereocenters. The van der Waals surface area contributed by atoms with E-state index in [4.69, 9.17) is 18.9 Å². The Morgan fingerprint density at radius 3 is 2.47 bits per heavy atom. The minimum absolute atomic E-state index is 0.171. The van der Waals surface area contributed by atoms with Gasteiger partial charge in [0.05, 0.1) is 25.3 Å². The van der Waals surface area contributed by atoms with E-state index in [0.29, 0.717) is 44.2 Å². The average molecular weight is 495 g/mol. The molecule has 0 saturated heterocycles. The maximum absolute atomic E-state index is 12.9. The maximum atomic E-state index is 12.9. The Bertz CT molecular complexity index is 1260. The van der Waals surface area contributed by atoms with Crippen LogP contribution in [0.25, 0.3) is 6.08 Å². The average Bonchev–Trinajstić information content (AvgIpc) is 3.09. The third-order valence-corrected chi connectivity index (χ3v) is 5.64. The van der Waals surface area contributed by atoms with Crippen LogP contribution in [0.3, 0.4) is 0 Å². The summed E-state index contributed by atoms with van der Waals surface area (Å²) in [6.45, 7) is 1.77. The van der Waals surface area contributed by atoms with Gasteiger partial charge in [-0.2, -0.15) is 0 Å². The van der Waals surface area contributed by atoms with Crippen molar-refractivity contribution in [2.45, 2.75) is 6.92 Å². The highest BCUT2D eigenvalue weighted by Crippen LogP contribution is 2.38. The fourth-order valence-electron chi connectivity index (χ4n) is 3.42. The van der Waals surface area contributed by atoms with Crippen LogP contribution in [0.2, 0.25) is 0 Å². The second-order valence-electron chi connectivity index (χ2n) is 7.04. The van der Waals surface area contributed by atoms with Crippen molar-refractivity contribution < 1.29 is 28.5 Å². The first kappa shape index (κ1) is 21.6. The van der Waals surface area contributed by atoms with Crippen LogP contribution in [0.4, 0.5) is 0 Å². The molecule has 162 valence electrons. The molecule has 0 saturated carbocycles. The van der Waals surface area contributed by atoms with Crippen molar-refractivity contribution in [2.24, 2.45) is 0 Å². The summed E-state index contributed by atoms with van der Waals surface area (Å²) < 4.78 is 22.5. The van der Waals surface area contributed by atoms with Gasteiger partial charge >= 0.3 is 5.97 Å². The Kier molecular flexibility index (Phi) is 6.01. The van der Waals surface area contributed by atoms with Gasteiger partial charge in [0, 0.05) is 10.5 Å². The number of rotatable bonds is 5. The number of fused-ring (bicyclic) bond motifs is 1. The van der Waals surface area contributed by atoms with Gasteiger partial charge in [0.2, 0.25) is 5.78 Å². The second kappa shape index (κ2) is 8.88. The number of carbonyl (C=O) groups excluding carboxylic acids is 2. The van der Waals surface area contributed by atoms with Gasteiger partial charge in [0.25, 0.3) is 0 Å². The van der Waals surface area contributed by atoms with E-state index >= 15 is 0 Å². The van der Waals surface area contributed by atoms with Gasteiger partial charge in [-0.1, -0.05) is 18.2 Å². The van der Waals surface area contributed by atoms with Crippen molar-refractivity contribution in [1.29, 1.82) is 0 Å². The van der Waals surface area contributed by atoms with E-state index in [2.05, 4.69) is 15.9 Å². The van der Waals surface area contributed by atoms with E-state index in [9.17, 15) is 9.59 Å². The molecule has 3 aromatic rings. The van der Waals surface area contributed by atoms with Crippen LogP contribution in [0.15, 0.2) is 64.8 Å². The van der Waals surface area contributed by atoms with Crippen LogP contribution >= 0.6 is 15.9 Å². The van der Waals surface area contributed by atoms with Crippen LogP contribution in [0.1, 0.15) is 31.8 Å². The number of esters is 1. The Morgan fingerprint density at radius 1 is 1.00 bits per heavy atom. The molecule has 32 heavy (non-hydrogen) atoms. The summed E-state index contributed by atoms with van der Waals surface area (Å²) in [5, 5.41) is 0. The van der Waals surface area contributed by atoms with Crippen LogP contribution < -0.4 is 18.9 Å². The molecule has 7 heteroatoms. The van der Waals surface area contributed by atoms with Gasteiger partial charge in [-0.3, -0.25) is 4.79 Å². The Hall–Kier alpha value is -3.58. The number of carbonyl (C=O) groups is 2. The summed E-state index contributed by atoms with van der Waals surface area (Å²) in [5.41, 5.74) is 2.21. The number of ether oxygens (including phenoxy) is 4. The lowest BCUT2D eigenvalue weighted by Gasteiger charge is -2.08. The number of hydrogen-bond donors (Lipinski definition) is 0. The number of aryl methyl sites for hydroxylation is 1. The predicted molar refractivity (Wildman–Crippen MR) is 123 cm³/mol. The number of hydrogen-bond acceptors (Lipinski definition) is 6. The molecule has 0 fully saturated rings.